The summed E-state index contributed by atoms with van der Waals surface area (Å²) >= 11 is 0. The van der Waals surface area contributed by atoms with E-state index in [0.717, 1.165) is 16.8 Å². The molecule has 2 amide bonds. The molecule has 1 fully saturated rings. The number of ether oxygens (including phenoxy) is 1. The molecule has 34 heavy (non-hydrogen) atoms. The minimum atomic E-state index is -0.550. The van der Waals surface area contributed by atoms with Crippen molar-refractivity contribution < 1.29 is 18.7 Å². The third-order valence-electron chi connectivity index (χ3n) is 5.84. The number of nitrogens with zero attached hydrogens (tertiary/aromatic N) is 4. The van der Waals surface area contributed by atoms with Crippen molar-refractivity contribution in [1.82, 2.24) is 14.4 Å². The molecular formula is C25H32FN5O3. The largest absolute Gasteiger partial charge is 0.444 e. The zero-order chi connectivity index (χ0) is 25.0. The lowest BCUT2D eigenvalue weighted by Gasteiger charge is -2.35. The first-order valence-electron chi connectivity index (χ1n) is 11.3. The number of aromatic nitrogens is 1. The maximum absolute atomic E-state index is 13.3. The average Bonchev–Trinajstić information content (AvgIpc) is 2.98. The lowest BCUT2D eigenvalue weighted by Crippen LogP contribution is -2.51. The first kappa shape index (κ1) is 25.2. The van der Waals surface area contributed by atoms with Gasteiger partial charge in [0.05, 0.1) is 12.1 Å². The van der Waals surface area contributed by atoms with E-state index in [1.54, 1.807) is 17.0 Å². The number of hydrogen-bond donors (Lipinski definition) is 1. The van der Waals surface area contributed by atoms with Gasteiger partial charge in [0.25, 0.3) is 0 Å². The summed E-state index contributed by atoms with van der Waals surface area (Å²) in [5.74, 6) is -0.110. The standard InChI is InChI=1S/C25H32FN5O3/c1-17-18(2)31(15-19-6-8-20(26)9-7-19)23(21(17)14-27)28-22(32)16-29-10-12-30(13-11-29)24(33)34-25(3,4)5/h6-9H,10-13,15-16H2,1-5H3,(H,28,32). The van der Waals surface area contributed by atoms with Crippen molar-refractivity contribution in [2.24, 2.45) is 0 Å². The number of nitrogens with one attached hydrogen (secondary N) is 1. The van der Waals surface area contributed by atoms with Crippen molar-refractivity contribution >= 4 is 17.8 Å². The molecule has 1 N–H and O–H groups in total. The third-order valence-corrected chi connectivity index (χ3v) is 5.84. The summed E-state index contributed by atoms with van der Waals surface area (Å²) in [4.78, 5) is 28.8. The van der Waals surface area contributed by atoms with E-state index in [1.807, 2.05) is 44.1 Å². The fraction of sp³-hybridized carbons (Fsp3) is 0.480. The van der Waals surface area contributed by atoms with Crippen LogP contribution in [0.5, 0.6) is 0 Å². The van der Waals surface area contributed by atoms with Gasteiger partial charge in [-0.1, -0.05) is 12.1 Å². The Labute approximate surface area is 199 Å². The van der Waals surface area contributed by atoms with E-state index in [9.17, 15) is 19.2 Å². The van der Waals surface area contributed by atoms with Gasteiger partial charge in [0, 0.05) is 38.4 Å². The number of rotatable bonds is 5. The van der Waals surface area contributed by atoms with E-state index < -0.39 is 5.60 Å². The lowest BCUT2D eigenvalue weighted by molar-refractivity contribution is -0.117. The van der Waals surface area contributed by atoms with Gasteiger partial charge in [-0.2, -0.15) is 5.26 Å². The molecule has 1 aromatic heterocycles. The van der Waals surface area contributed by atoms with E-state index in [2.05, 4.69) is 11.4 Å². The van der Waals surface area contributed by atoms with Crippen LogP contribution in [0.1, 0.15) is 43.2 Å². The van der Waals surface area contributed by atoms with Crippen molar-refractivity contribution in [1.29, 1.82) is 5.26 Å². The van der Waals surface area contributed by atoms with Gasteiger partial charge in [0.1, 0.15) is 23.3 Å². The highest BCUT2D eigenvalue weighted by Crippen LogP contribution is 2.27. The van der Waals surface area contributed by atoms with Crippen molar-refractivity contribution in [3.8, 4) is 6.07 Å². The molecule has 0 atom stereocenters. The number of amides is 2. The number of carbonyl (C=O) groups is 2. The van der Waals surface area contributed by atoms with E-state index in [0.29, 0.717) is 44.1 Å². The SMILES string of the molecule is Cc1c(C#N)c(NC(=O)CN2CCN(C(=O)OC(C)(C)C)CC2)n(Cc2ccc(F)cc2)c1C. The second kappa shape index (κ2) is 10.3. The number of nitriles is 1. The van der Waals surface area contributed by atoms with Crippen LogP contribution in [0.25, 0.3) is 0 Å². The molecule has 182 valence electrons. The molecule has 0 unspecified atom stereocenters. The summed E-state index contributed by atoms with van der Waals surface area (Å²) < 4.78 is 20.6. The Balaban J connectivity index is 1.66. The fourth-order valence-corrected chi connectivity index (χ4v) is 3.89. The molecule has 3 rings (SSSR count). The van der Waals surface area contributed by atoms with Crippen LogP contribution in [0.4, 0.5) is 15.0 Å². The zero-order valence-electron chi connectivity index (χ0n) is 20.4. The van der Waals surface area contributed by atoms with Crippen molar-refractivity contribution in [3.05, 3.63) is 52.5 Å². The Morgan fingerprint density at radius 3 is 2.29 bits per heavy atom. The zero-order valence-corrected chi connectivity index (χ0v) is 20.4. The summed E-state index contributed by atoms with van der Waals surface area (Å²) in [5, 5.41) is 12.6. The van der Waals surface area contributed by atoms with Crippen LogP contribution in [0.2, 0.25) is 0 Å². The van der Waals surface area contributed by atoms with Crippen molar-refractivity contribution in [3.63, 3.8) is 0 Å². The smallest absolute Gasteiger partial charge is 0.410 e. The molecule has 9 heteroatoms. The molecule has 1 aliphatic rings. The van der Waals surface area contributed by atoms with E-state index in [-0.39, 0.29) is 24.4 Å². The van der Waals surface area contributed by atoms with Crippen LogP contribution >= 0.6 is 0 Å². The molecule has 2 aromatic rings. The molecule has 0 radical (unpaired) electrons. The highest BCUT2D eigenvalue weighted by molar-refractivity contribution is 5.93. The first-order chi connectivity index (χ1) is 16.0. The monoisotopic (exact) mass is 469 g/mol. The molecule has 0 spiro atoms. The number of hydrogen-bond acceptors (Lipinski definition) is 5. The number of carbonyl (C=O) groups excluding carboxylic acids is 2. The van der Waals surface area contributed by atoms with Gasteiger partial charge in [0.2, 0.25) is 5.91 Å². The molecule has 1 saturated heterocycles. The summed E-state index contributed by atoms with van der Waals surface area (Å²) in [6.45, 7) is 11.8. The minimum Gasteiger partial charge on any atom is -0.444 e. The molecule has 2 heterocycles. The Morgan fingerprint density at radius 1 is 1.12 bits per heavy atom. The third kappa shape index (κ3) is 6.14. The van der Waals surface area contributed by atoms with Gasteiger partial charge in [0.15, 0.2) is 0 Å². The Bertz CT molecular complexity index is 1090. The average molecular weight is 470 g/mol. The number of benzene rings is 1. The fourth-order valence-electron chi connectivity index (χ4n) is 3.89. The second-order valence-electron chi connectivity index (χ2n) is 9.55. The highest BCUT2D eigenvalue weighted by atomic mass is 19.1. The molecule has 0 aliphatic carbocycles. The predicted octanol–water partition coefficient (Wildman–Crippen LogP) is 3.66. The van der Waals surface area contributed by atoms with Crippen LogP contribution in [-0.2, 0) is 16.1 Å². The van der Waals surface area contributed by atoms with Gasteiger partial charge >= 0.3 is 6.09 Å². The Kier molecular flexibility index (Phi) is 7.62. The Hall–Kier alpha value is -3.38. The van der Waals surface area contributed by atoms with Crippen LogP contribution in [0.3, 0.4) is 0 Å². The van der Waals surface area contributed by atoms with Gasteiger partial charge in [-0.3, -0.25) is 9.69 Å². The van der Waals surface area contributed by atoms with Crippen LogP contribution in [0, 0.1) is 31.0 Å². The maximum atomic E-state index is 13.3. The van der Waals surface area contributed by atoms with Gasteiger partial charge in [-0.05, 0) is 57.9 Å². The van der Waals surface area contributed by atoms with Crippen molar-refractivity contribution in [2.75, 3.05) is 38.0 Å². The lowest BCUT2D eigenvalue weighted by atomic mass is 10.2. The number of anilines is 1. The van der Waals surface area contributed by atoms with E-state index in [4.69, 9.17) is 4.74 Å². The maximum Gasteiger partial charge on any atom is 0.410 e. The van der Waals surface area contributed by atoms with Crippen LogP contribution in [-0.4, -0.2) is 64.7 Å². The number of piperazine rings is 1. The number of halogens is 1. The molecular weight excluding hydrogens is 437 g/mol. The summed E-state index contributed by atoms with van der Waals surface area (Å²) in [6.07, 6.45) is -0.347. The summed E-state index contributed by atoms with van der Waals surface area (Å²) in [7, 11) is 0. The molecule has 8 nitrogen and oxygen atoms in total. The predicted molar refractivity (Wildman–Crippen MR) is 127 cm³/mol. The van der Waals surface area contributed by atoms with E-state index in [1.165, 1.54) is 12.1 Å². The Morgan fingerprint density at radius 2 is 1.74 bits per heavy atom. The normalized spacial score (nSPS) is 14.6. The summed E-state index contributed by atoms with van der Waals surface area (Å²) in [6, 6.07) is 8.35. The van der Waals surface area contributed by atoms with E-state index >= 15 is 0 Å². The molecule has 0 bridgehead atoms. The topological polar surface area (TPSA) is 90.6 Å². The quantitative estimate of drug-likeness (QED) is 0.722. The molecule has 1 aliphatic heterocycles. The molecule has 0 saturated carbocycles. The van der Waals surface area contributed by atoms with Crippen LogP contribution < -0.4 is 5.32 Å². The van der Waals surface area contributed by atoms with Crippen LogP contribution in [0.15, 0.2) is 24.3 Å². The van der Waals surface area contributed by atoms with Crippen molar-refractivity contribution in [2.45, 2.75) is 46.8 Å². The first-order valence-corrected chi connectivity index (χ1v) is 11.3. The highest BCUT2D eigenvalue weighted by Gasteiger charge is 2.27. The van der Waals surface area contributed by atoms with Gasteiger partial charge in [-0.25, -0.2) is 9.18 Å². The van der Waals surface area contributed by atoms with Gasteiger partial charge in [-0.15, -0.1) is 0 Å². The van der Waals surface area contributed by atoms with Gasteiger partial charge < -0.3 is 19.5 Å². The minimum absolute atomic E-state index is 0.146. The second-order valence-corrected chi connectivity index (χ2v) is 9.55. The summed E-state index contributed by atoms with van der Waals surface area (Å²) in [5.41, 5.74) is 2.39. The molecule has 1 aromatic carbocycles.